The van der Waals surface area contributed by atoms with Crippen molar-refractivity contribution in [2.24, 2.45) is 0 Å². The summed E-state index contributed by atoms with van der Waals surface area (Å²) in [5.41, 5.74) is 10.5. The zero-order valence-electron chi connectivity index (χ0n) is 13.8. The van der Waals surface area contributed by atoms with Gasteiger partial charge in [0.1, 0.15) is 0 Å². The summed E-state index contributed by atoms with van der Waals surface area (Å²) >= 11 is 0. The first-order valence-corrected chi connectivity index (χ1v) is 7.83. The smallest absolute Gasteiger partial charge is 0.339 e. The lowest BCUT2D eigenvalue weighted by molar-refractivity contribution is 0.0602. The van der Waals surface area contributed by atoms with Gasteiger partial charge in [-0.05, 0) is 35.4 Å². The van der Waals surface area contributed by atoms with E-state index in [0.717, 1.165) is 16.7 Å². The molecule has 0 heterocycles. The Balaban J connectivity index is 1.86. The fraction of sp³-hybridized carbons (Fsp3) is 0.0455. The number of carbonyl (C=O) groups excluding carboxylic acids is 1. The van der Waals surface area contributed by atoms with E-state index in [1.807, 2.05) is 42.5 Å². The molecular formula is C22H17NO2. The zero-order chi connectivity index (χ0) is 17.6. The first kappa shape index (κ1) is 16.4. The largest absolute Gasteiger partial charge is 0.465 e. The molecule has 3 rings (SSSR count). The van der Waals surface area contributed by atoms with Gasteiger partial charge < -0.3 is 10.5 Å². The van der Waals surface area contributed by atoms with Gasteiger partial charge in [0.05, 0.1) is 18.4 Å². The number of hydrogen-bond acceptors (Lipinski definition) is 3. The van der Waals surface area contributed by atoms with Gasteiger partial charge in [0.2, 0.25) is 0 Å². The van der Waals surface area contributed by atoms with Crippen molar-refractivity contribution in [2.45, 2.75) is 0 Å². The number of rotatable bonds is 2. The maximum absolute atomic E-state index is 11.7. The summed E-state index contributed by atoms with van der Waals surface area (Å²) in [6, 6.07) is 23.3. The van der Waals surface area contributed by atoms with Gasteiger partial charge in [0, 0.05) is 11.1 Å². The van der Waals surface area contributed by atoms with Crippen molar-refractivity contribution in [3.63, 3.8) is 0 Å². The van der Waals surface area contributed by atoms with Crippen LogP contribution < -0.4 is 5.73 Å². The van der Waals surface area contributed by atoms with Gasteiger partial charge in [-0.15, -0.1) is 0 Å². The predicted octanol–water partition coefficient (Wildman–Crippen LogP) is 4.12. The Hall–Kier alpha value is -3.51. The second-order valence-electron chi connectivity index (χ2n) is 5.45. The van der Waals surface area contributed by atoms with Crippen molar-refractivity contribution in [3.05, 3.63) is 89.5 Å². The van der Waals surface area contributed by atoms with Gasteiger partial charge in [-0.3, -0.25) is 0 Å². The summed E-state index contributed by atoms with van der Waals surface area (Å²) < 4.78 is 4.72. The maximum Gasteiger partial charge on any atom is 0.339 e. The first-order valence-electron chi connectivity index (χ1n) is 7.83. The van der Waals surface area contributed by atoms with Crippen molar-refractivity contribution in [1.82, 2.24) is 0 Å². The molecule has 2 N–H and O–H groups in total. The van der Waals surface area contributed by atoms with E-state index in [-0.39, 0.29) is 0 Å². The lowest BCUT2D eigenvalue weighted by atomic mass is 10.0. The summed E-state index contributed by atoms with van der Waals surface area (Å²) in [4.78, 5) is 11.7. The fourth-order valence-corrected chi connectivity index (χ4v) is 2.48. The van der Waals surface area contributed by atoms with Gasteiger partial charge in [0.25, 0.3) is 0 Å². The average molecular weight is 327 g/mol. The number of carbonyl (C=O) groups is 1. The number of ether oxygens (including phenoxy) is 1. The highest BCUT2D eigenvalue weighted by Gasteiger charge is 2.11. The van der Waals surface area contributed by atoms with Crippen LogP contribution in [0.5, 0.6) is 0 Å². The fourth-order valence-electron chi connectivity index (χ4n) is 2.48. The highest BCUT2D eigenvalue weighted by Crippen LogP contribution is 2.20. The van der Waals surface area contributed by atoms with Crippen LogP contribution in [0.3, 0.4) is 0 Å². The Morgan fingerprint density at radius 3 is 2.20 bits per heavy atom. The van der Waals surface area contributed by atoms with Gasteiger partial charge in [-0.1, -0.05) is 60.4 Å². The Morgan fingerprint density at radius 1 is 0.840 bits per heavy atom. The number of para-hydroxylation sites is 1. The van der Waals surface area contributed by atoms with Crippen molar-refractivity contribution < 1.29 is 9.53 Å². The van der Waals surface area contributed by atoms with E-state index in [4.69, 9.17) is 10.5 Å². The molecule has 0 aliphatic heterocycles. The summed E-state index contributed by atoms with van der Waals surface area (Å²) in [5, 5.41) is 0. The van der Waals surface area contributed by atoms with E-state index in [1.165, 1.54) is 7.11 Å². The van der Waals surface area contributed by atoms with E-state index < -0.39 is 5.97 Å². The normalized spacial score (nSPS) is 9.80. The molecule has 3 aromatic carbocycles. The van der Waals surface area contributed by atoms with Gasteiger partial charge in [-0.2, -0.15) is 0 Å². The summed E-state index contributed by atoms with van der Waals surface area (Å²) in [6.45, 7) is 0. The third kappa shape index (κ3) is 3.70. The van der Waals surface area contributed by atoms with E-state index in [9.17, 15) is 4.79 Å². The van der Waals surface area contributed by atoms with Crippen molar-refractivity contribution in [2.75, 3.05) is 12.8 Å². The molecule has 0 bridgehead atoms. The van der Waals surface area contributed by atoms with Crippen molar-refractivity contribution >= 4 is 11.7 Å². The van der Waals surface area contributed by atoms with E-state index in [2.05, 4.69) is 24.0 Å². The second-order valence-corrected chi connectivity index (χ2v) is 5.45. The minimum atomic E-state index is -0.464. The van der Waals surface area contributed by atoms with Crippen LogP contribution in [0.4, 0.5) is 5.69 Å². The Bertz CT molecular complexity index is 949. The molecular weight excluding hydrogens is 310 g/mol. The van der Waals surface area contributed by atoms with Gasteiger partial charge in [0.15, 0.2) is 0 Å². The third-order valence-corrected chi connectivity index (χ3v) is 3.84. The number of esters is 1. The van der Waals surface area contributed by atoms with Crippen LogP contribution in [0.25, 0.3) is 11.1 Å². The van der Waals surface area contributed by atoms with Crippen LogP contribution in [0.1, 0.15) is 21.5 Å². The van der Waals surface area contributed by atoms with Crippen molar-refractivity contribution in [3.8, 4) is 23.0 Å². The number of anilines is 1. The minimum absolute atomic E-state index is 0.328. The minimum Gasteiger partial charge on any atom is -0.465 e. The van der Waals surface area contributed by atoms with Crippen LogP contribution in [-0.2, 0) is 4.74 Å². The number of nitrogen functional groups attached to an aromatic ring is 1. The molecule has 0 saturated carbocycles. The lowest BCUT2D eigenvalue weighted by Crippen LogP contribution is -2.06. The zero-order valence-corrected chi connectivity index (χ0v) is 13.8. The van der Waals surface area contributed by atoms with Crippen LogP contribution in [0.2, 0.25) is 0 Å². The SMILES string of the molecule is COC(=O)c1cccc(C#Cc2ccc(-c3ccccc3)cc2)c1N. The average Bonchev–Trinajstić information content (AvgIpc) is 2.68. The number of hydrogen-bond donors (Lipinski definition) is 1. The van der Waals surface area contributed by atoms with E-state index in [1.54, 1.807) is 18.2 Å². The van der Waals surface area contributed by atoms with E-state index >= 15 is 0 Å². The molecule has 0 saturated heterocycles. The molecule has 3 nitrogen and oxygen atoms in total. The number of methoxy groups -OCH3 is 1. The molecule has 0 aromatic heterocycles. The van der Waals surface area contributed by atoms with Crippen LogP contribution >= 0.6 is 0 Å². The van der Waals surface area contributed by atoms with Crippen LogP contribution in [0.15, 0.2) is 72.8 Å². The molecule has 0 radical (unpaired) electrons. The molecule has 0 fully saturated rings. The molecule has 3 heteroatoms. The molecule has 25 heavy (non-hydrogen) atoms. The lowest BCUT2D eigenvalue weighted by Gasteiger charge is -2.05. The quantitative estimate of drug-likeness (QED) is 0.437. The molecule has 0 aliphatic carbocycles. The summed E-state index contributed by atoms with van der Waals surface area (Å²) in [7, 11) is 1.33. The predicted molar refractivity (Wildman–Crippen MR) is 100 cm³/mol. The monoisotopic (exact) mass is 327 g/mol. The molecule has 122 valence electrons. The molecule has 0 atom stereocenters. The van der Waals surface area contributed by atoms with Gasteiger partial charge in [-0.25, -0.2) is 4.79 Å². The summed E-state index contributed by atoms with van der Waals surface area (Å²) in [5.74, 6) is 5.64. The Kier molecular flexibility index (Phi) is 4.82. The third-order valence-electron chi connectivity index (χ3n) is 3.84. The molecule has 0 spiro atoms. The molecule has 0 amide bonds. The van der Waals surface area contributed by atoms with Crippen molar-refractivity contribution in [1.29, 1.82) is 0 Å². The first-order chi connectivity index (χ1) is 12.2. The maximum atomic E-state index is 11.7. The highest BCUT2D eigenvalue weighted by molar-refractivity contribution is 5.96. The summed E-state index contributed by atoms with van der Waals surface area (Å²) in [6.07, 6.45) is 0. The number of nitrogens with two attached hydrogens (primary N) is 1. The standard InChI is InChI=1S/C22H17NO2/c1-25-22(24)20-9-5-8-19(21(20)23)15-12-16-10-13-18(14-11-16)17-6-3-2-4-7-17/h2-11,13-14H,23H2,1H3. The second kappa shape index (κ2) is 7.37. The Morgan fingerprint density at radius 2 is 1.52 bits per heavy atom. The van der Waals surface area contributed by atoms with E-state index in [0.29, 0.717) is 16.8 Å². The number of benzene rings is 3. The molecule has 3 aromatic rings. The Labute approximate surface area is 147 Å². The molecule has 0 unspecified atom stereocenters. The van der Waals surface area contributed by atoms with Crippen LogP contribution in [0, 0.1) is 11.8 Å². The van der Waals surface area contributed by atoms with Crippen LogP contribution in [-0.4, -0.2) is 13.1 Å². The highest BCUT2D eigenvalue weighted by atomic mass is 16.5. The topological polar surface area (TPSA) is 52.3 Å². The van der Waals surface area contributed by atoms with Gasteiger partial charge >= 0.3 is 5.97 Å². The molecule has 0 aliphatic rings.